The van der Waals surface area contributed by atoms with E-state index in [1.165, 1.54) is 0 Å². The fourth-order valence-electron chi connectivity index (χ4n) is 2.46. The number of hydrogen-bond acceptors (Lipinski definition) is 6. The Morgan fingerprint density at radius 3 is 2.57 bits per heavy atom. The van der Waals surface area contributed by atoms with Crippen LogP contribution in [0.2, 0.25) is 0 Å². The maximum Gasteiger partial charge on any atom is 0.251 e. The van der Waals surface area contributed by atoms with Crippen molar-refractivity contribution in [3.8, 4) is 17.2 Å². The van der Waals surface area contributed by atoms with Crippen LogP contribution in [-0.2, 0) is 6.61 Å². The van der Waals surface area contributed by atoms with Gasteiger partial charge in [-0.05, 0) is 43.3 Å². The molecule has 0 bridgehead atoms. The van der Waals surface area contributed by atoms with E-state index < -0.39 is 0 Å². The number of amides is 1. The second-order valence-corrected chi connectivity index (χ2v) is 7.02. The van der Waals surface area contributed by atoms with Gasteiger partial charge in [0.1, 0.15) is 30.5 Å². The van der Waals surface area contributed by atoms with Crippen molar-refractivity contribution in [2.45, 2.75) is 13.5 Å². The highest BCUT2D eigenvalue weighted by Gasteiger charge is 2.06. The first-order valence-corrected chi connectivity index (χ1v) is 9.71. The molecule has 3 aromatic rings. The van der Waals surface area contributed by atoms with Crippen molar-refractivity contribution in [3.63, 3.8) is 0 Å². The van der Waals surface area contributed by atoms with Crippen molar-refractivity contribution in [2.75, 3.05) is 20.3 Å². The molecule has 0 radical (unpaired) electrons. The summed E-state index contributed by atoms with van der Waals surface area (Å²) < 4.78 is 16.4. The summed E-state index contributed by atoms with van der Waals surface area (Å²) in [4.78, 5) is 16.6. The van der Waals surface area contributed by atoms with Crippen molar-refractivity contribution in [1.82, 2.24) is 10.3 Å². The molecule has 1 aromatic heterocycles. The second kappa shape index (κ2) is 9.75. The van der Waals surface area contributed by atoms with Crippen LogP contribution in [0.4, 0.5) is 0 Å². The quantitative estimate of drug-likeness (QED) is 0.555. The zero-order chi connectivity index (χ0) is 19.8. The molecule has 0 spiro atoms. The van der Waals surface area contributed by atoms with Gasteiger partial charge in [0.2, 0.25) is 0 Å². The van der Waals surface area contributed by atoms with Crippen LogP contribution in [0.1, 0.15) is 21.1 Å². The Labute approximate surface area is 168 Å². The molecule has 146 valence electrons. The SMILES string of the molecule is COc1cccc(OCCNC(=O)c2ccc(OCc3csc(C)n3)cc2)c1. The zero-order valence-corrected chi connectivity index (χ0v) is 16.6. The van der Waals surface area contributed by atoms with Crippen molar-refractivity contribution in [3.05, 3.63) is 70.2 Å². The zero-order valence-electron chi connectivity index (χ0n) is 15.8. The van der Waals surface area contributed by atoms with Crippen LogP contribution in [0.25, 0.3) is 0 Å². The van der Waals surface area contributed by atoms with Crippen molar-refractivity contribution >= 4 is 17.2 Å². The van der Waals surface area contributed by atoms with Gasteiger partial charge < -0.3 is 19.5 Å². The van der Waals surface area contributed by atoms with Crippen LogP contribution in [0.15, 0.2) is 53.9 Å². The van der Waals surface area contributed by atoms with E-state index in [4.69, 9.17) is 14.2 Å². The number of thiazole rings is 1. The van der Waals surface area contributed by atoms with Crippen LogP contribution in [0, 0.1) is 6.92 Å². The average Bonchev–Trinajstić information content (AvgIpc) is 3.15. The average molecular weight is 398 g/mol. The minimum absolute atomic E-state index is 0.157. The normalized spacial score (nSPS) is 10.4. The summed E-state index contributed by atoms with van der Waals surface area (Å²) in [6.45, 7) is 3.14. The van der Waals surface area contributed by atoms with E-state index in [1.54, 1.807) is 48.8 Å². The summed E-state index contributed by atoms with van der Waals surface area (Å²) in [7, 11) is 1.61. The van der Waals surface area contributed by atoms with E-state index in [1.807, 2.05) is 30.5 Å². The highest BCUT2D eigenvalue weighted by atomic mass is 32.1. The highest BCUT2D eigenvalue weighted by molar-refractivity contribution is 7.09. The molecule has 1 heterocycles. The molecule has 1 amide bonds. The number of carbonyl (C=O) groups is 1. The van der Waals surface area contributed by atoms with Crippen molar-refractivity contribution in [2.24, 2.45) is 0 Å². The third-order valence-electron chi connectivity index (χ3n) is 3.87. The lowest BCUT2D eigenvalue weighted by Gasteiger charge is -2.09. The molecule has 2 aromatic carbocycles. The highest BCUT2D eigenvalue weighted by Crippen LogP contribution is 2.18. The topological polar surface area (TPSA) is 69.7 Å². The maximum atomic E-state index is 12.2. The molecule has 3 rings (SSSR count). The number of aryl methyl sites for hydroxylation is 1. The Kier molecular flexibility index (Phi) is 6.86. The predicted molar refractivity (Wildman–Crippen MR) is 108 cm³/mol. The van der Waals surface area contributed by atoms with Gasteiger partial charge in [0.15, 0.2) is 0 Å². The number of nitrogens with one attached hydrogen (secondary N) is 1. The summed E-state index contributed by atoms with van der Waals surface area (Å²) in [5.74, 6) is 1.97. The van der Waals surface area contributed by atoms with Gasteiger partial charge in [-0.3, -0.25) is 4.79 Å². The number of benzene rings is 2. The molecule has 6 nitrogen and oxygen atoms in total. The first-order chi connectivity index (χ1) is 13.6. The minimum Gasteiger partial charge on any atom is -0.497 e. The Bertz CT molecular complexity index is 909. The molecule has 0 saturated carbocycles. The number of hydrogen-bond donors (Lipinski definition) is 1. The molecular weight excluding hydrogens is 376 g/mol. The molecule has 0 unspecified atom stereocenters. The van der Waals surface area contributed by atoms with Crippen LogP contribution in [-0.4, -0.2) is 31.2 Å². The number of carbonyl (C=O) groups excluding carboxylic acids is 1. The summed E-state index contributed by atoms with van der Waals surface area (Å²) in [5.41, 5.74) is 1.47. The fraction of sp³-hybridized carbons (Fsp3) is 0.238. The number of rotatable bonds is 9. The first kappa shape index (κ1) is 19.7. The van der Waals surface area contributed by atoms with Crippen LogP contribution in [0.5, 0.6) is 17.2 Å². The maximum absolute atomic E-state index is 12.2. The van der Waals surface area contributed by atoms with Gasteiger partial charge in [-0.1, -0.05) is 6.07 Å². The predicted octanol–water partition coefficient (Wildman–Crippen LogP) is 3.85. The van der Waals surface area contributed by atoms with Gasteiger partial charge in [0.05, 0.1) is 24.4 Å². The summed E-state index contributed by atoms with van der Waals surface area (Å²) in [6.07, 6.45) is 0. The molecule has 0 aliphatic heterocycles. The number of nitrogens with zero attached hydrogens (tertiary/aromatic N) is 1. The Morgan fingerprint density at radius 2 is 1.86 bits per heavy atom. The molecule has 1 N–H and O–H groups in total. The molecule has 0 atom stereocenters. The fourth-order valence-corrected chi connectivity index (χ4v) is 3.06. The minimum atomic E-state index is -0.157. The Balaban J connectivity index is 1.41. The third kappa shape index (κ3) is 5.72. The van der Waals surface area contributed by atoms with E-state index >= 15 is 0 Å². The lowest BCUT2D eigenvalue weighted by atomic mass is 10.2. The number of ether oxygens (including phenoxy) is 3. The molecule has 0 fully saturated rings. The molecule has 0 aliphatic carbocycles. The molecule has 0 saturated heterocycles. The summed E-state index contributed by atoms with van der Waals surface area (Å²) >= 11 is 1.60. The third-order valence-corrected chi connectivity index (χ3v) is 4.69. The Morgan fingerprint density at radius 1 is 1.07 bits per heavy atom. The van der Waals surface area contributed by atoms with Crippen LogP contribution >= 0.6 is 11.3 Å². The van der Waals surface area contributed by atoms with Gasteiger partial charge in [-0.25, -0.2) is 4.98 Å². The van der Waals surface area contributed by atoms with E-state index in [0.717, 1.165) is 16.5 Å². The monoisotopic (exact) mass is 398 g/mol. The van der Waals surface area contributed by atoms with Crippen LogP contribution in [0.3, 0.4) is 0 Å². The molecule has 7 heteroatoms. The van der Waals surface area contributed by atoms with Gasteiger partial charge in [-0.15, -0.1) is 11.3 Å². The van der Waals surface area contributed by atoms with Gasteiger partial charge in [-0.2, -0.15) is 0 Å². The van der Waals surface area contributed by atoms with E-state index in [9.17, 15) is 4.79 Å². The summed E-state index contributed by atoms with van der Waals surface area (Å²) in [5, 5.41) is 5.82. The van der Waals surface area contributed by atoms with Crippen LogP contribution < -0.4 is 19.5 Å². The smallest absolute Gasteiger partial charge is 0.251 e. The largest absolute Gasteiger partial charge is 0.497 e. The first-order valence-electron chi connectivity index (χ1n) is 8.83. The van der Waals surface area contributed by atoms with E-state index in [-0.39, 0.29) is 5.91 Å². The van der Waals surface area contributed by atoms with E-state index in [2.05, 4.69) is 10.3 Å². The van der Waals surface area contributed by atoms with Gasteiger partial charge in [0.25, 0.3) is 5.91 Å². The standard InChI is InChI=1S/C21H22N2O4S/c1-15-23-17(14-28-15)13-27-18-8-6-16(7-9-18)21(24)22-10-11-26-20-5-3-4-19(12-20)25-2/h3-9,12,14H,10-11,13H2,1-2H3,(H,22,24). The number of methoxy groups -OCH3 is 1. The van der Waals surface area contributed by atoms with Gasteiger partial charge >= 0.3 is 0 Å². The lowest BCUT2D eigenvalue weighted by molar-refractivity contribution is 0.0947. The molecular formula is C21H22N2O4S. The lowest BCUT2D eigenvalue weighted by Crippen LogP contribution is -2.28. The summed E-state index contributed by atoms with van der Waals surface area (Å²) in [6, 6.07) is 14.4. The van der Waals surface area contributed by atoms with Gasteiger partial charge in [0, 0.05) is 17.0 Å². The van der Waals surface area contributed by atoms with Crippen molar-refractivity contribution in [1.29, 1.82) is 0 Å². The molecule has 0 aliphatic rings. The molecule has 28 heavy (non-hydrogen) atoms. The van der Waals surface area contributed by atoms with Crippen molar-refractivity contribution < 1.29 is 19.0 Å². The second-order valence-electron chi connectivity index (χ2n) is 5.95. The number of aromatic nitrogens is 1. The van der Waals surface area contributed by atoms with E-state index in [0.29, 0.717) is 36.8 Å². The Hall–Kier alpha value is -3.06.